The maximum atomic E-state index is 14.0. The number of ketones is 1. The number of anilines is 3. The predicted molar refractivity (Wildman–Crippen MR) is 116 cm³/mol. The zero-order chi connectivity index (χ0) is 22.5. The number of nitrogens with two attached hydrogens (primary N) is 1. The van der Waals surface area contributed by atoms with E-state index in [4.69, 9.17) is 5.73 Å². The van der Waals surface area contributed by atoms with E-state index in [-0.39, 0.29) is 41.4 Å². The van der Waals surface area contributed by atoms with Gasteiger partial charge in [-0.2, -0.15) is 0 Å². The van der Waals surface area contributed by atoms with Crippen molar-refractivity contribution in [2.75, 3.05) is 10.6 Å². The molecule has 0 aliphatic heterocycles. The van der Waals surface area contributed by atoms with Crippen LogP contribution < -0.4 is 16.4 Å². The zero-order valence-corrected chi connectivity index (χ0v) is 17.7. The quantitative estimate of drug-likeness (QED) is 0.474. The average molecular weight is 429 g/mol. The van der Waals surface area contributed by atoms with Crippen LogP contribution in [0.2, 0.25) is 0 Å². The summed E-state index contributed by atoms with van der Waals surface area (Å²) in [4.78, 5) is 33.0. The minimum atomic E-state index is -0.746. The molecule has 1 aliphatic rings. The lowest BCUT2D eigenvalue weighted by molar-refractivity contribution is 0.0980. The molecule has 1 fully saturated rings. The number of nitrogens with one attached hydrogen (secondary N) is 2. The maximum absolute atomic E-state index is 14.0. The number of aliphatic hydroxyl groups is 1. The number of aliphatic hydroxyl groups excluding tert-OH is 1. The summed E-state index contributed by atoms with van der Waals surface area (Å²) < 4.78 is 14.0. The Morgan fingerprint density at radius 2 is 1.87 bits per heavy atom. The fraction of sp³-hybridized carbons (Fsp3) is 0.455. The van der Waals surface area contributed by atoms with Gasteiger partial charge in [-0.3, -0.25) is 9.59 Å². The number of carbonyl (C=O) groups is 2. The molecule has 2 aromatic rings. The Kier molecular flexibility index (Phi) is 7.17. The molecule has 0 unspecified atom stereocenters. The van der Waals surface area contributed by atoms with Crippen molar-refractivity contribution in [1.29, 1.82) is 0 Å². The molecule has 1 amide bonds. The molecule has 1 aliphatic carbocycles. The van der Waals surface area contributed by atoms with Crippen LogP contribution in [-0.4, -0.2) is 38.9 Å². The van der Waals surface area contributed by atoms with Crippen LogP contribution in [0.15, 0.2) is 18.2 Å². The van der Waals surface area contributed by atoms with Crippen molar-refractivity contribution < 1.29 is 19.1 Å². The highest BCUT2D eigenvalue weighted by Crippen LogP contribution is 2.27. The molecule has 166 valence electrons. The molecule has 5 N–H and O–H groups in total. The first-order chi connectivity index (χ1) is 14.8. The van der Waals surface area contributed by atoms with Crippen LogP contribution in [0.25, 0.3) is 0 Å². The Balaban J connectivity index is 1.95. The molecule has 1 aromatic carbocycles. The third-order valence-corrected chi connectivity index (χ3v) is 5.42. The van der Waals surface area contributed by atoms with Crippen LogP contribution >= 0.6 is 0 Å². The number of benzene rings is 1. The summed E-state index contributed by atoms with van der Waals surface area (Å²) in [6.07, 6.45) is 3.45. The van der Waals surface area contributed by atoms with E-state index in [1.165, 1.54) is 18.2 Å². The summed E-state index contributed by atoms with van der Waals surface area (Å²) in [5.41, 5.74) is 6.45. The molecule has 1 aromatic heterocycles. The number of aryl methyl sites for hydroxylation is 1. The first kappa shape index (κ1) is 22.6. The Hall–Kier alpha value is -3.07. The summed E-state index contributed by atoms with van der Waals surface area (Å²) in [5, 5.41) is 16.1. The minimum absolute atomic E-state index is 0.0332. The van der Waals surface area contributed by atoms with Crippen molar-refractivity contribution in [3.63, 3.8) is 0 Å². The second-order valence-electron chi connectivity index (χ2n) is 7.68. The van der Waals surface area contributed by atoms with Crippen LogP contribution in [0.5, 0.6) is 0 Å². The summed E-state index contributed by atoms with van der Waals surface area (Å²) >= 11 is 0. The molecule has 0 saturated heterocycles. The van der Waals surface area contributed by atoms with E-state index in [0.29, 0.717) is 36.5 Å². The first-order valence-corrected chi connectivity index (χ1v) is 10.6. The third kappa shape index (κ3) is 5.35. The molecule has 3 rings (SSSR count). The standard InChI is InChI=1S/C22H28FN5O3/c1-3-17-21(25-12-5-8-14(29)9-6-12)28-22(19(27-17)20(24)31)26-13-7-10-16(23)15(11-13)18(30)4-2/h7,10-12,14,29H,3-6,8-9H2,1-2H3,(H2,24,31)(H2,25,26,28). The van der Waals surface area contributed by atoms with Crippen molar-refractivity contribution in [3.8, 4) is 0 Å². The summed E-state index contributed by atoms with van der Waals surface area (Å²) in [6, 6.07) is 4.17. The van der Waals surface area contributed by atoms with Crippen molar-refractivity contribution in [3.05, 3.63) is 41.0 Å². The van der Waals surface area contributed by atoms with Gasteiger partial charge >= 0.3 is 0 Å². The third-order valence-electron chi connectivity index (χ3n) is 5.42. The van der Waals surface area contributed by atoms with Gasteiger partial charge in [0.05, 0.1) is 17.4 Å². The monoisotopic (exact) mass is 429 g/mol. The molecular formula is C22H28FN5O3. The van der Waals surface area contributed by atoms with Gasteiger partial charge in [0, 0.05) is 18.2 Å². The number of nitrogens with zero attached hydrogens (tertiary/aromatic N) is 2. The Morgan fingerprint density at radius 1 is 1.16 bits per heavy atom. The predicted octanol–water partition coefficient (Wildman–Crippen LogP) is 3.33. The van der Waals surface area contributed by atoms with E-state index in [1.807, 2.05) is 6.92 Å². The zero-order valence-electron chi connectivity index (χ0n) is 17.7. The normalized spacial score (nSPS) is 18.5. The number of halogens is 1. The number of amides is 1. The number of hydrogen-bond acceptors (Lipinski definition) is 7. The van der Waals surface area contributed by atoms with E-state index in [1.54, 1.807) is 6.92 Å². The fourth-order valence-corrected chi connectivity index (χ4v) is 3.65. The van der Waals surface area contributed by atoms with Crippen LogP contribution in [0.3, 0.4) is 0 Å². The van der Waals surface area contributed by atoms with Crippen LogP contribution in [0, 0.1) is 5.82 Å². The lowest BCUT2D eigenvalue weighted by atomic mass is 9.93. The lowest BCUT2D eigenvalue weighted by Gasteiger charge is -2.27. The highest BCUT2D eigenvalue weighted by Gasteiger charge is 2.23. The van der Waals surface area contributed by atoms with Gasteiger partial charge < -0.3 is 21.5 Å². The number of rotatable bonds is 8. The summed E-state index contributed by atoms with van der Waals surface area (Å²) in [7, 11) is 0. The van der Waals surface area contributed by atoms with Gasteiger partial charge in [-0.15, -0.1) is 0 Å². The average Bonchev–Trinajstić information content (AvgIpc) is 2.76. The Morgan fingerprint density at radius 3 is 2.48 bits per heavy atom. The van der Waals surface area contributed by atoms with E-state index in [9.17, 15) is 19.1 Å². The van der Waals surface area contributed by atoms with Crippen LogP contribution in [0.1, 0.15) is 72.5 Å². The van der Waals surface area contributed by atoms with Crippen LogP contribution in [-0.2, 0) is 6.42 Å². The van der Waals surface area contributed by atoms with Crippen molar-refractivity contribution >= 4 is 29.0 Å². The number of Topliss-reactive ketones (excluding diaryl/α,β-unsaturated/α-hetero) is 1. The number of aromatic nitrogens is 2. The first-order valence-electron chi connectivity index (χ1n) is 10.6. The topological polar surface area (TPSA) is 130 Å². The molecule has 0 radical (unpaired) electrons. The molecular weight excluding hydrogens is 401 g/mol. The number of primary amides is 1. The van der Waals surface area contributed by atoms with Crippen LogP contribution in [0.4, 0.5) is 21.7 Å². The van der Waals surface area contributed by atoms with Gasteiger partial charge in [-0.1, -0.05) is 13.8 Å². The summed E-state index contributed by atoms with van der Waals surface area (Å²) in [6.45, 7) is 3.56. The smallest absolute Gasteiger partial charge is 0.271 e. The molecule has 1 heterocycles. The van der Waals surface area contributed by atoms with Gasteiger partial charge in [0.1, 0.15) is 11.6 Å². The molecule has 9 heteroatoms. The van der Waals surface area contributed by atoms with E-state index >= 15 is 0 Å². The lowest BCUT2D eigenvalue weighted by Crippen LogP contribution is -2.29. The molecule has 31 heavy (non-hydrogen) atoms. The minimum Gasteiger partial charge on any atom is -0.393 e. The summed E-state index contributed by atoms with van der Waals surface area (Å²) in [5.74, 6) is -1.02. The molecule has 0 atom stereocenters. The molecule has 8 nitrogen and oxygen atoms in total. The number of carbonyl (C=O) groups excluding carboxylic acids is 2. The van der Waals surface area contributed by atoms with Crippen molar-refractivity contribution in [2.45, 2.75) is 64.5 Å². The van der Waals surface area contributed by atoms with Gasteiger partial charge in [0.25, 0.3) is 5.91 Å². The second-order valence-corrected chi connectivity index (χ2v) is 7.68. The SMILES string of the molecule is CCC(=O)c1cc(Nc2nc(NC3CCC(O)CC3)c(CC)nc2C(N)=O)ccc1F. The van der Waals surface area contributed by atoms with Gasteiger partial charge in [-0.25, -0.2) is 14.4 Å². The molecule has 0 bridgehead atoms. The number of hydrogen-bond donors (Lipinski definition) is 4. The van der Waals surface area contributed by atoms with E-state index in [0.717, 1.165) is 12.8 Å². The van der Waals surface area contributed by atoms with E-state index in [2.05, 4.69) is 20.6 Å². The Labute approximate surface area is 180 Å². The maximum Gasteiger partial charge on any atom is 0.271 e. The van der Waals surface area contributed by atoms with Gasteiger partial charge in [0.15, 0.2) is 17.3 Å². The van der Waals surface area contributed by atoms with Gasteiger partial charge in [0.2, 0.25) is 0 Å². The van der Waals surface area contributed by atoms with E-state index < -0.39 is 11.7 Å². The van der Waals surface area contributed by atoms with Crippen molar-refractivity contribution in [2.24, 2.45) is 5.73 Å². The highest BCUT2D eigenvalue weighted by molar-refractivity contribution is 5.98. The van der Waals surface area contributed by atoms with Gasteiger partial charge in [-0.05, 0) is 50.3 Å². The Bertz CT molecular complexity index is 974. The molecule has 1 saturated carbocycles. The highest BCUT2D eigenvalue weighted by atomic mass is 19.1. The second kappa shape index (κ2) is 9.82. The largest absolute Gasteiger partial charge is 0.393 e. The fourth-order valence-electron chi connectivity index (χ4n) is 3.65. The van der Waals surface area contributed by atoms with Crippen molar-refractivity contribution in [1.82, 2.24) is 9.97 Å². The molecule has 0 spiro atoms.